The van der Waals surface area contributed by atoms with E-state index in [1.54, 1.807) is 4.90 Å². The molecule has 1 aliphatic carbocycles. The highest BCUT2D eigenvalue weighted by Gasteiger charge is 2.28. The summed E-state index contributed by atoms with van der Waals surface area (Å²) in [6.07, 6.45) is 3.13. The van der Waals surface area contributed by atoms with Crippen molar-refractivity contribution in [3.63, 3.8) is 0 Å². The summed E-state index contributed by atoms with van der Waals surface area (Å²) in [6, 6.07) is 4.08. The predicted molar refractivity (Wildman–Crippen MR) is 79.8 cm³/mol. The number of nitrogens with one attached hydrogen (secondary N) is 1. The molecule has 1 fully saturated rings. The maximum Gasteiger partial charge on any atom is 0.270 e. The molecular weight excluding hydrogens is 272 g/mol. The lowest BCUT2D eigenvalue weighted by molar-refractivity contribution is -0.384. The molecule has 1 saturated carbocycles. The molecular formula is C14H20N4O3. The van der Waals surface area contributed by atoms with Crippen LogP contribution in [0.15, 0.2) is 18.2 Å². The summed E-state index contributed by atoms with van der Waals surface area (Å²) in [5, 5.41) is 10.9. The first kappa shape index (κ1) is 15.2. The van der Waals surface area contributed by atoms with Crippen molar-refractivity contribution in [2.75, 3.05) is 18.5 Å². The van der Waals surface area contributed by atoms with Gasteiger partial charge in [0, 0.05) is 25.2 Å². The number of hydrogen-bond acceptors (Lipinski definition) is 5. The van der Waals surface area contributed by atoms with E-state index < -0.39 is 4.92 Å². The van der Waals surface area contributed by atoms with Crippen molar-refractivity contribution in [1.82, 2.24) is 4.90 Å². The third kappa shape index (κ3) is 3.69. The van der Waals surface area contributed by atoms with Crippen LogP contribution < -0.4 is 11.3 Å². The number of hydrazine groups is 1. The van der Waals surface area contributed by atoms with E-state index in [1.807, 2.05) is 6.92 Å². The minimum Gasteiger partial charge on any atom is -0.338 e. The number of hydrogen-bond donors (Lipinski definition) is 2. The van der Waals surface area contributed by atoms with Crippen LogP contribution in [0.4, 0.5) is 11.4 Å². The first-order valence-corrected chi connectivity index (χ1v) is 7.11. The van der Waals surface area contributed by atoms with Gasteiger partial charge in [0.25, 0.3) is 11.6 Å². The van der Waals surface area contributed by atoms with Crippen LogP contribution in [0.5, 0.6) is 0 Å². The molecule has 1 amide bonds. The van der Waals surface area contributed by atoms with E-state index in [0.29, 0.717) is 24.7 Å². The number of nitro benzene ring substituents is 1. The Labute approximate surface area is 123 Å². The van der Waals surface area contributed by atoms with Crippen LogP contribution in [0.25, 0.3) is 0 Å². The number of nitrogens with two attached hydrogens (primary N) is 1. The fourth-order valence-corrected chi connectivity index (χ4v) is 2.28. The minimum absolute atomic E-state index is 0.111. The molecule has 0 radical (unpaired) electrons. The number of nitro groups is 1. The highest BCUT2D eigenvalue weighted by molar-refractivity contribution is 6.00. The van der Waals surface area contributed by atoms with Crippen LogP contribution in [0, 0.1) is 16.0 Å². The van der Waals surface area contributed by atoms with Gasteiger partial charge in [-0.2, -0.15) is 0 Å². The maximum atomic E-state index is 12.7. The second-order valence-corrected chi connectivity index (χ2v) is 5.33. The molecule has 114 valence electrons. The Hall–Kier alpha value is -2.15. The van der Waals surface area contributed by atoms with Gasteiger partial charge in [0.1, 0.15) is 0 Å². The van der Waals surface area contributed by atoms with Gasteiger partial charge in [-0.1, -0.05) is 6.92 Å². The molecule has 0 aromatic heterocycles. The molecule has 0 heterocycles. The van der Waals surface area contributed by atoms with Gasteiger partial charge in [-0.3, -0.25) is 20.8 Å². The summed E-state index contributed by atoms with van der Waals surface area (Å²) in [4.78, 5) is 24.8. The van der Waals surface area contributed by atoms with E-state index in [-0.39, 0.29) is 17.2 Å². The topological polar surface area (TPSA) is 102 Å². The Bertz CT molecular complexity index is 543. The average molecular weight is 292 g/mol. The van der Waals surface area contributed by atoms with E-state index >= 15 is 0 Å². The molecule has 2 rings (SSSR count). The lowest BCUT2D eigenvalue weighted by atomic mass is 10.1. The van der Waals surface area contributed by atoms with Crippen molar-refractivity contribution in [2.45, 2.75) is 26.2 Å². The summed E-state index contributed by atoms with van der Waals surface area (Å²) < 4.78 is 0. The van der Waals surface area contributed by atoms with Gasteiger partial charge < -0.3 is 10.3 Å². The Morgan fingerprint density at radius 3 is 2.76 bits per heavy atom. The van der Waals surface area contributed by atoms with E-state index in [9.17, 15) is 14.9 Å². The zero-order valence-corrected chi connectivity index (χ0v) is 12.0. The molecule has 7 heteroatoms. The number of anilines is 1. The van der Waals surface area contributed by atoms with E-state index in [4.69, 9.17) is 5.84 Å². The molecule has 1 aromatic carbocycles. The summed E-state index contributed by atoms with van der Waals surface area (Å²) in [6.45, 7) is 3.35. The smallest absolute Gasteiger partial charge is 0.270 e. The summed E-state index contributed by atoms with van der Waals surface area (Å²) in [5.41, 5.74) is 2.98. The second-order valence-electron chi connectivity index (χ2n) is 5.33. The molecule has 1 aromatic rings. The molecule has 0 aliphatic heterocycles. The Morgan fingerprint density at radius 1 is 1.52 bits per heavy atom. The maximum absolute atomic E-state index is 12.7. The number of amides is 1. The van der Waals surface area contributed by atoms with E-state index in [2.05, 4.69) is 5.43 Å². The van der Waals surface area contributed by atoms with Crippen molar-refractivity contribution in [3.05, 3.63) is 33.9 Å². The lowest BCUT2D eigenvalue weighted by Crippen LogP contribution is -2.34. The van der Waals surface area contributed by atoms with Crippen LogP contribution in [0.2, 0.25) is 0 Å². The van der Waals surface area contributed by atoms with Gasteiger partial charge in [0.15, 0.2) is 0 Å². The first-order valence-electron chi connectivity index (χ1n) is 7.11. The molecule has 0 bridgehead atoms. The zero-order valence-electron chi connectivity index (χ0n) is 12.0. The van der Waals surface area contributed by atoms with Crippen molar-refractivity contribution in [3.8, 4) is 0 Å². The van der Waals surface area contributed by atoms with Gasteiger partial charge >= 0.3 is 0 Å². The molecule has 1 aliphatic rings. The summed E-state index contributed by atoms with van der Waals surface area (Å²) in [5.74, 6) is 5.77. The van der Waals surface area contributed by atoms with Crippen LogP contribution in [0.1, 0.15) is 36.5 Å². The van der Waals surface area contributed by atoms with Crippen LogP contribution >= 0.6 is 0 Å². The van der Waals surface area contributed by atoms with Gasteiger partial charge in [-0.05, 0) is 31.2 Å². The van der Waals surface area contributed by atoms with Gasteiger partial charge in [-0.25, -0.2) is 0 Å². The number of non-ortho nitro benzene ring substituents is 1. The number of benzene rings is 1. The van der Waals surface area contributed by atoms with Gasteiger partial charge in [0.05, 0.1) is 16.2 Å². The highest BCUT2D eigenvalue weighted by atomic mass is 16.6. The van der Waals surface area contributed by atoms with Crippen molar-refractivity contribution in [2.24, 2.45) is 11.8 Å². The number of nitrogen functional groups attached to an aromatic ring is 1. The predicted octanol–water partition coefficient (Wildman–Crippen LogP) is 2.14. The SMILES string of the molecule is CCCN(CC1CC1)C(=O)c1cc([N+](=O)[O-])ccc1NN. The van der Waals surface area contributed by atoms with Gasteiger partial charge in [-0.15, -0.1) is 0 Å². The summed E-state index contributed by atoms with van der Waals surface area (Å²) >= 11 is 0. The fraction of sp³-hybridized carbons (Fsp3) is 0.500. The van der Waals surface area contributed by atoms with Crippen molar-refractivity contribution < 1.29 is 9.72 Å². The third-order valence-corrected chi connectivity index (χ3v) is 3.56. The molecule has 3 N–H and O–H groups in total. The lowest BCUT2D eigenvalue weighted by Gasteiger charge is -2.23. The number of rotatable bonds is 7. The molecule has 0 saturated heterocycles. The fourth-order valence-electron chi connectivity index (χ4n) is 2.28. The van der Waals surface area contributed by atoms with E-state index in [1.165, 1.54) is 18.2 Å². The molecule has 21 heavy (non-hydrogen) atoms. The third-order valence-electron chi connectivity index (χ3n) is 3.56. The quantitative estimate of drug-likeness (QED) is 0.455. The van der Waals surface area contributed by atoms with Crippen molar-refractivity contribution in [1.29, 1.82) is 0 Å². The largest absolute Gasteiger partial charge is 0.338 e. The van der Waals surface area contributed by atoms with Crippen LogP contribution in [-0.2, 0) is 0 Å². The molecule has 0 spiro atoms. The Balaban J connectivity index is 2.29. The molecule has 0 unspecified atom stereocenters. The zero-order chi connectivity index (χ0) is 15.4. The van der Waals surface area contributed by atoms with E-state index in [0.717, 1.165) is 19.3 Å². The van der Waals surface area contributed by atoms with Crippen LogP contribution in [-0.4, -0.2) is 28.8 Å². The first-order chi connectivity index (χ1) is 10.1. The highest BCUT2D eigenvalue weighted by Crippen LogP contribution is 2.31. The van der Waals surface area contributed by atoms with Gasteiger partial charge in [0.2, 0.25) is 0 Å². The van der Waals surface area contributed by atoms with Crippen molar-refractivity contribution >= 4 is 17.3 Å². The number of carbonyl (C=O) groups is 1. The number of nitrogens with zero attached hydrogens (tertiary/aromatic N) is 2. The summed E-state index contributed by atoms with van der Waals surface area (Å²) in [7, 11) is 0. The number of carbonyl (C=O) groups excluding carboxylic acids is 1. The second kappa shape index (κ2) is 6.53. The Morgan fingerprint density at radius 2 is 2.24 bits per heavy atom. The van der Waals surface area contributed by atoms with Crippen LogP contribution in [0.3, 0.4) is 0 Å². The Kier molecular flexibility index (Phi) is 4.74. The molecule has 7 nitrogen and oxygen atoms in total. The molecule has 0 atom stereocenters. The normalized spacial score (nSPS) is 13.8. The minimum atomic E-state index is -0.512. The average Bonchev–Trinajstić information content (AvgIpc) is 3.29. The monoisotopic (exact) mass is 292 g/mol. The standard InChI is InChI=1S/C14H20N4O3/c1-2-7-17(9-10-3-4-10)14(19)12-8-11(18(20)21)5-6-13(12)16-15/h5-6,8,10,16H,2-4,7,9,15H2,1H3.